The lowest BCUT2D eigenvalue weighted by atomic mass is 10.1. The first kappa shape index (κ1) is 12.9. The highest BCUT2D eigenvalue weighted by Gasteiger charge is 2.04. The second kappa shape index (κ2) is 5.82. The van der Waals surface area contributed by atoms with Crippen LogP contribution in [0.4, 0.5) is 0 Å². The zero-order chi connectivity index (χ0) is 12.1. The third-order valence-corrected chi connectivity index (χ3v) is 2.50. The second-order valence-corrected chi connectivity index (χ2v) is 4.27. The topological polar surface area (TPSA) is 55.5 Å². The molecule has 0 heterocycles. The van der Waals surface area contributed by atoms with Gasteiger partial charge in [0.15, 0.2) is 0 Å². The molecule has 16 heavy (non-hydrogen) atoms. The zero-order valence-corrected chi connectivity index (χ0v) is 10.4. The summed E-state index contributed by atoms with van der Waals surface area (Å²) in [6, 6.07) is 5.63. The Morgan fingerprint density at radius 2 is 2.25 bits per heavy atom. The van der Waals surface area contributed by atoms with E-state index in [1.807, 2.05) is 25.1 Å². The molecule has 88 valence electrons. The van der Waals surface area contributed by atoms with Gasteiger partial charge < -0.3 is 15.6 Å². The molecule has 1 aromatic rings. The Hall–Kier alpha value is -1.13. The van der Waals surface area contributed by atoms with Gasteiger partial charge in [-0.25, -0.2) is 0 Å². The van der Waals surface area contributed by atoms with Crippen molar-refractivity contribution < 1.29 is 9.84 Å². The van der Waals surface area contributed by atoms with Crippen molar-refractivity contribution in [1.82, 2.24) is 0 Å². The molecule has 0 aromatic heterocycles. The summed E-state index contributed by atoms with van der Waals surface area (Å²) in [5.74, 6) is 0.769. The van der Waals surface area contributed by atoms with Crippen LogP contribution in [0.25, 0.3) is 0 Å². The second-order valence-electron chi connectivity index (χ2n) is 3.83. The molecule has 0 amide bonds. The lowest BCUT2D eigenvalue weighted by Crippen LogP contribution is -2.11. The largest absolute Gasteiger partial charge is 0.493 e. The lowest BCUT2D eigenvalue weighted by Gasteiger charge is -2.11. The van der Waals surface area contributed by atoms with Crippen LogP contribution in [-0.2, 0) is 0 Å². The van der Waals surface area contributed by atoms with Crippen molar-refractivity contribution in [1.29, 1.82) is 0 Å². The summed E-state index contributed by atoms with van der Waals surface area (Å²) in [7, 11) is 0. The highest BCUT2D eigenvalue weighted by atomic mass is 32.1. The molecule has 3 N–H and O–H groups in total. The standard InChI is InChI=1S/C12H17NO2S/c1-8-3-4-10(12(13)16)7-11(8)15-6-5-9(2)14/h3-4,7,9,14H,5-6H2,1-2H3,(H2,13,16). The molecule has 0 aliphatic carbocycles. The fraction of sp³-hybridized carbons (Fsp3) is 0.417. The van der Waals surface area contributed by atoms with Crippen LogP contribution in [0.3, 0.4) is 0 Å². The molecule has 0 spiro atoms. The number of thiocarbonyl (C=S) groups is 1. The van der Waals surface area contributed by atoms with Gasteiger partial charge in [0.2, 0.25) is 0 Å². The minimum absolute atomic E-state index is 0.348. The third-order valence-electron chi connectivity index (χ3n) is 2.27. The Balaban J connectivity index is 2.70. The van der Waals surface area contributed by atoms with Gasteiger partial charge in [-0.3, -0.25) is 0 Å². The molecule has 1 atom stereocenters. The average molecular weight is 239 g/mol. The van der Waals surface area contributed by atoms with Gasteiger partial charge in [0.05, 0.1) is 12.7 Å². The van der Waals surface area contributed by atoms with E-state index in [1.54, 1.807) is 6.92 Å². The molecule has 0 aliphatic heterocycles. The first-order valence-electron chi connectivity index (χ1n) is 5.22. The van der Waals surface area contributed by atoms with Gasteiger partial charge in [-0.05, 0) is 25.5 Å². The Kier molecular flexibility index (Phi) is 4.71. The molecule has 0 saturated heterocycles. The van der Waals surface area contributed by atoms with Crippen LogP contribution in [-0.4, -0.2) is 22.8 Å². The molecule has 0 aliphatic rings. The van der Waals surface area contributed by atoms with Crippen LogP contribution >= 0.6 is 12.2 Å². The van der Waals surface area contributed by atoms with Crippen molar-refractivity contribution in [3.63, 3.8) is 0 Å². The fourth-order valence-electron chi connectivity index (χ4n) is 1.25. The Labute approximate surface area is 101 Å². The maximum absolute atomic E-state index is 9.12. The average Bonchev–Trinajstić information content (AvgIpc) is 2.20. The smallest absolute Gasteiger partial charge is 0.122 e. The molecule has 4 heteroatoms. The van der Waals surface area contributed by atoms with E-state index in [-0.39, 0.29) is 6.10 Å². The molecule has 3 nitrogen and oxygen atoms in total. The third kappa shape index (κ3) is 3.79. The van der Waals surface area contributed by atoms with Gasteiger partial charge in [-0.2, -0.15) is 0 Å². The summed E-state index contributed by atoms with van der Waals surface area (Å²) < 4.78 is 5.56. The molecule has 0 fully saturated rings. The van der Waals surface area contributed by atoms with Crippen LogP contribution in [0.5, 0.6) is 5.75 Å². The molecule has 0 radical (unpaired) electrons. The first-order valence-corrected chi connectivity index (χ1v) is 5.63. The van der Waals surface area contributed by atoms with Gasteiger partial charge >= 0.3 is 0 Å². The van der Waals surface area contributed by atoms with E-state index in [0.717, 1.165) is 16.9 Å². The SMILES string of the molecule is Cc1ccc(C(N)=S)cc1OCCC(C)O. The minimum atomic E-state index is -0.348. The van der Waals surface area contributed by atoms with E-state index in [9.17, 15) is 0 Å². The van der Waals surface area contributed by atoms with E-state index in [2.05, 4.69) is 0 Å². The van der Waals surface area contributed by atoms with Gasteiger partial charge in [0.25, 0.3) is 0 Å². The van der Waals surface area contributed by atoms with Gasteiger partial charge in [-0.1, -0.05) is 24.4 Å². The summed E-state index contributed by atoms with van der Waals surface area (Å²) in [6.45, 7) is 4.18. The first-order chi connectivity index (χ1) is 7.50. The van der Waals surface area contributed by atoms with Crippen molar-refractivity contribution in [2.45, 2.75) is 26.4 Å². The number of benzene rings is 1. The molecular weight excluding hydrogens is 222 g/mol. The van der Waals surface area contributed by atoms with E-state index in [4.69, 9.17) is 27.8 Å². The Bertz CT molecular complexity index is 377. The number of nitrogens with two attached hydrogens (primary N) is 1. The number of rotatable bonds is 5. The van der Waals surface area contributed by atoms with Gasteiger partial charge in [0.1, 0.15) is 10.7 Å². The van der Waals surface area contributed by atoms with Crippen LogP contribution in [0.15, 0.2) is 18.2 Å². The number of aliphatic hydroxyl groups excluding tert-OH is 1. The summed E-state index contributed by atoms with van der Waals surface area (Å²) in [5.41, 5.74) is 7.38. The highest BCUT2D eigenvalue weighted by Crippen LogP contribution is 2.19. The van der Waals surface area contributed by atoms with Gasteiger partial charge in [-0.15, -0.1) is 0 Å². The molecule has 0 saturated carbocycles. The van der Waals surface area contributed by atoms with E-state index >= 15 is 0 Å². The molecular formula is C12H17NO2S. The summed E-state index contributed by atoms with van der Waals surface area (Å²) >= 11 is 4.90. The van der Waals surface area contributed by atoms with Crippen molar-refractivity contribution in [3.05, 3.63) is 29.3 Å². The fourth-order valence-corrected chi connectivity index (χ4v) is 1.38. The molecule has 1 aromatic carbocycles. The number of aryl methyl sites for hydroxylation is 1. The van der Waals surface area contributed by atoms with Crippen molar-refractivity contribution >= 4 is 17.2 Å². The Morgan fingerprint density at radius 3 is 2.81 bits per heavy atom. The molecule has 1 unspecified atom stereocenters. The van der Waals surface area contributed by atoms with Crippen molar-refractivity contribution in [3.8, 4) is 5.75 Å². The quantitative estimate of drug-likeness (QED) is 0.769. The lowest BCUT2D eigenvalue weighted by molar-refractivity contribution is 0.155. The van der Waals surface area contributed by atoms with E-state index in [1.165, 1.54) is 0 Å². The van der Waals surface area contributed by atoms with Crippen LogP contribution in [0, 0.1) is 6.92 Å². The van der Waals surface area contributed by atoms with Crippen molar-refractivity contribution in [2.24, 2.45) is 5.73 Å². The van der Waals surface area contributed by atoms with Crippen LogP contribution in [0.2, 0.25) is 0 Å². The van der Waals surface area contributed by atoms with Crippen LogP contribution in [0.1, 0.15) is 24.5 Å². The molecule has 1 rings (SSSR count). The highest BCUT2D eigenvalue weighted by molar-refractivity contribution is 7.80. The van der Waals surface area contributed by atoms with E-state index < -0.39 is 0 Å². The van der Waals surface area contributed by atoms with Crippen molar-refractivity contribution in [2.75, 3.05) is 6.61 Å². The predicted molar refractivity (Wildman–Crippen MR) is 68.9 cm³/mol. The summed E-state index contributed by atoms with van der Waals surface area (Å²) in [6.07, 6.45) is 0.260. The van der Waals surface area contributed by atoms with Crippen LogP contribution < -0.4 is 10.5 Å². The maximum Gasteiger partial charge on any atom is 0.122 e. The molecule has 0 bridgehead atoms. The minimum Gasteiger partial charge on any atom is -0.493 e. The number of hydrogen-bond donors (Lipinski definition) is 2. The monoisotopic (exact) mass is 239 g/mol. The predicted octanol–water partition coefficient (Wildman–Crippen LogP) is 1.78. The summed E-state index contributed by atoms with van der Waals surface area (Å²) in [5, 5.41) is 9.12. The maximum atomic E-state index is 9.12. The number of hydrogen-bond acceptors (Lipinski definition) is 3. The summed E-state index contributed by atoms with van der Waals surface area (Å²) in [4.78, 5) is 0.361. The van der Waals surface area contributed by atoms with E-state index in [0.29, 0.717) is 18.0 Å². The normalized spacial score (nSPS) is 12.2. The zero-order valence-electron chi connectivity index (χ0n) is 9.56. The Morgan fingerprint density at radius 1 is 1.56 bits per heavy atom. The number of aliphatic hydroxyl groups is 1. The number of ether oxygens (including phenoxy) is 1. The van der Waals surface area contributed by atoms with Gasteiger partial charge in [0, 0.05) is 12.0 Å².